The first-order chi connectivity index (χ1) is 18.0. The van der Waals surface area contributed by atoms with Gasteiger partial charge in [0.15, 0.2) is 6.35 Å². The second-order valence-electron chi connectivity index (χ2n) is 11.9. The minimum atomic E-state index is -1.16. The molecule has 0 bridgehead atoms. The number of unbranched alkanes of at least 4 members (excludes halogenated alkanes) is 1. The number of carbonyl (C=O) groups is 1. The van der Waals surface area contributed by atoms with Gasteiger partial charge in [0.05, 0.1) is 0 Å². The highest BCUT2D eigenvalue weighted by atomic mass is 16.5. The number of hydrogen-bond acceptors (Lipinski definition) is 5. The molecule has 1 aliphatic heterocycles. The van der Waals surface area contributed by atoms with E-state index in [1.165, 1.54) is 16.7 Å². The number of aliphatic hydroxyl groups is 1. The van der Waals surface area contributed by atoms with Crippen LogP contribution in [-0.4, -0.2) is 57.6 Å². The van der Waals surface area contributed by atoms with Gasteiger partial charge in [0.1, 0.15) is 5.75 Å². The van der Waals surface area contributed by atoms with Gasteiger partial charge in [-0.05, 0) is 79.8 Å². The molecule has 1 fully saturated rings. The Bertz CT molecular complexity index is 1020. The standard InChI is InChI=1S/C32H48N2O4/c1-7-9-21-32(8-2,29(35)36)38-28-19-15-24(16-20-28)11-10-12-27-23-34(30(37)33(27)6)22-25-13-17-26(18-14-25)31(3,4)5/h13-20,27,30,37H,7-12,21-23H2,1-6H3,(H,35,36)/t27?,30-,32?/m1/s1. The van der Waals surface area contributed by atoms with Crippen LogP contribution in [0, 0.1) is 0 Å². The van der Waals surface area contributed by atoms with Crippen LogP contribution < -0.4 is 4.74 Å². The van der Waals surface area contributed by atoms with Crippen LogP contribution in [0.15, 0.2) is 48.5 Å². The van der Waals surface area contributed by atoms with E-state index in [1.54, 1.807) is 0 Å². The molecule has 1 saturated heterocycles. The van der Waals surface area contributed by atoms with Crippen molar-refractivity contribution in [1.29, 1.82) is 0 Å². The van der Waals surface area contributed by atoms with Gasteiger partial charge in [-0.2, -0.15) is 0 Å². The van der Waals surface area contributed by atoms with Crippen LogP contribution in [0.1, 0.15) is 89.8 Å². The SMILES string of the molecule is CCCCC(CC)(Oc1ccc(CCCC2CN(Cc3ccc(C(C)(C)C)cc3)[C@H](O)N2C)cc1)C(=O)O. The maximum Gasteiger partial charge on any atom is 0.348 e. The van der Waals surface area contributed by atoms with Crippen molar-refractivity contribution in [3.8, 4) is 5.75 Å². The zero-order valence-electron chi connectivity index (χ0n) is 24.2. The number of aliphatic carboxylic acids is 1. The molecule has 0 radical (unpaired) electrons. The highest BCUT2D eigenvalue weighted by molar-refractivity contribution is 5.77. The summed E-state index contributed by atoms with van der Waals surface area (Å²) in [6.07, 6.45) is 5.08. The number of aliphatic hydroxyl groups excluding tert-OH is 1. The molecule has 6 nitrogen and oxygen atoms in total. The molecule has 1 aliphatic rings. The van der Waals surface area contributed by atoms with Gasteiger partial charge in [0, 0.05) is 19.1 Å². The number of nitrogens with zero attached hydrogens (tertiary/aromatic N) is 2. The van der Waals surface area contributed by atoms with E-state index in [0.29, 0.717) is 24.6 Å². The number of aryl methyl sites for hydroxylation is 1. The molecule has 0 aromatic heterocycles. The Morgan fingerprint density at radius 1 is 1.00 bits per heavy atom. The number of carboxylic acids is 1. The van der Waals surface area contributed by atoms with E-state index in [9.17, 15) is 15.0 Å². The van der Waals surface area contributed by atoms with Crippen LogP contribution >= 0.6 is 0 Å². The highest BCUT2D eigenvalue weighted by Gasteiger charge is 2.39. The molecule has 1 heterocycles. The Labute approximate surface area is 229 Å². The third-order valence-corrected chi connectivity index (χ3v) is 8.05. The monoisotopic (exact) mass is 524 g/mol. The maximum atomic E-state index is 12.0. The largest absolute Gasteiger partial charge is 0.478 e. The predicted molar refractivity (Wildman–Crippen MR) is 153 cm³/mol. The molecule has 2 N–H and O–H groups in total. The van der Waals surface area contributed by atoms with E-state index in [-0.39, 0.29) is 5.41 Å². The van der Waals surface area contributed by atoms with Crippen LogP contribution in [0.4, 0.5) is 0 Å². The normalized spacial score (nSPS) is 20.4. The molecule has 2 unspecified atom stereocenters. The zero-order valence-corrected chi connectivity index (χ0v) is 24.2. The van der Waals surface area contributed by atoms with Crippen LogP contribution in [0.2, 0.25) is 0 Å². The van der Waals surface area contributed by atoms with Crippen LogP contribution in [-0.2, 0) is 23.2 Å². The first kappa shape index (κ1) is 30.1. The van der Waals surface area contributed by atoms with Crippen molar-refractivity contribution in [3.05, 3.63) is 65.2 Å². The van der Waals surface area contributed by atoms with Gasteiger partial charge >= 0.3 is 5.97 Å². The number of benzene rings is 2. The number of hydrogen-bond donors (Lipinski definition) is 2. The molecule has 0 spiro atoms. The van der Waals surface area contributed by atoms with E-state index >= 15 is 0 Å². The fourth-order valence-electron chi connectivity index (χ4n) is 5.28. The van der Waals surface area contributed by atoms with Gasteiger partial charge < -0.3 is 14.9 Å². The fraction of sp³-hybridized carbons (Fsp3) is 0.594. The van der Waals surface area contributed by atoms with Gasteiger partial charge in [0.25, 0.3) is 0 Å². The molecule has 6 heteroatoms. The van der Waals surface area contributed by atoms with Gasteiger partial charge in [0.2, 0.25) is 5.60 Å². The molecule has 210 valence electrons. The molecule has 2 aromatic carbocycles. The average Bonchev–Trinajstić information content (AvgIpc) is 3.15. The van der Waals surface area contributed by atoms with Gasteiger partial charge in [-0.3, -0.25) is 9.80 Å². The molecule has 3 atom stereocenters. The summed E-state index contributed by atoms with van der Waals surface area (Å²) in [6, 6.07) is 16.9. The van der Waals surface area contributed by atoms with Crippen molar-refractivity contribution >= 4 is 5.97 Å². The lowest BCUT2D eigenvalue weighted by molar-refractivity contribution is -0.156. The molecule has 3 rings (SSSR count). The summed E-state index contributed by atoms with van der Waals surface area (Å²) >= 11 is 0. The summed E-state index contributed by atoms with van der Waals surface area (Å²) in [5, 5.41) is 20.6. The predicted octanol–water partition coefficient (Wildman–Crippen LogP) is 6.20. The Kier molecular flexibility index (Phi) is 10.4. The van der Waals surface area contributed by atoms with Crippen molar-refractivity contribution in [2.24, 2.45) is 0 Å². The van der Waals surface area contributed by atoms with Gasteiger partial charge in [-0.15, -0.1) is 0 Å². The number of likely N-dealkylation sites (N-methyl/N-ethyl adjacent to an activating group) is 1. The summed E-state index contributed by atoms with van der Waals surface area (Å²) in [5.41, 5.74) is 2.73. The van der Waals surface area contributed by atoms with Crippen molar-refractivity contribution in [2.45, 2.75) is 110 Å². The zero-order chi connectivity index (χ0) is 27.9. The molecule has 2 aromatic rings. The molecule has 0 aliphatic carbocycles. The van der Waals surface area contributed by atoms with Crippen LogP contribution in [0.3, 0.4) is 0 Å². The lowest BCUT2D eigenvalue weighted by atomic mass is 9.87. The Morgan fingerprint density at radius 3 is 2.18 bits per heavy atom. The second-order valence-corrected chi connectivity index (χ2v) is 11.9. The summed E-state index contributed by atoms with van der Waals surface area (Å²) in [4.78, 5) is 16.2. The van der Waals surface area contributed by atoms with Crippen molar-refractivity contribution in [2.75, 3.05) is 13.6 Å². The quantitative estimate of drug-likeness (QED) is 0.325. The van der Waals surface area contributed by atoms with E-state index in [0.717, 1.165) is 45.2 Å². The van der Waals surface area contributed by atoms with Crippen LogP contribution in [0.25, 0.3) is 0 Å². The molecule has 0 saturated carbocycles. The first-order valence-electron chi connectivity index (χ1n) is 14.2. The Hall–Kier alpha value is -2.41. The first-order valence-corrected chi connectivity index (χ1v) is 14.2. The topological polar surface area (TPSA) is 73.2 Å². The minimum absolute atomic E-state index is 0.136. The molecule has 38 heavy (non-hydrogen) atoms. The molecule has 0 amide bonds. The Balaban J connectivity index is 1.50. The van der Waals surface area contributed by atoms with Gasteiger partial charge in [-0.1, -0.05) is 77.4 Å². The fourth-order valence-corrected chi connectivity index (χ4v) is 5.28. The van der Waals surface area contributed by atoms with Crippen molar-refractivity contribution in [1.82, 2.24) is 9.80 Å². The second kappa shape index (κ2) is 13.1. The third kappa shape index (κ3) is 7.58. The molecular weight excluding hydrogens is 476 g/mol. The summed E-state index contributed by atoms with van der Waals surface area (Å²) < 4.78 is 6.03. The summed E-state index contributed by atoms with van der Waals surface area (Å²) in [7, 11) is 2.01. The highest BCUT2D eigenvalue weighted by Crippen LogP contribution is 2.29. The summed E-state index contributed by atoms with van der Waals surface area (Å²) in [6.45, 7) is 12.2. The third-order valence-electron chi connectivity index (χ3n) is 8.05. The maximum absolute atomic E-state index is 12.0. The Morgan fingerprint density at radius 2 is 1.63 bits per heavy atom. The van der Waals surface area contributed by atoms with E-state index < -0.39 is 17.9 Å². The number of rotatable bonds is 13. The smallest absolute Gasteiger partial charge is 0.348 e. The molecular formula is C32H48N2O4. The summed E-state index contributed by atoms with van der Waals surface area (Å²) in [5.74, 6) is -0.282. The van der Waals surface area contributed by atoms with E-state index in [1.807, 2.05) is 38.2 Å². The average molecular weight is 525 g/mol. The lowest BCUT2D eigenvalue weighted by Gasteiger charge is -2.29. The lowest BCUT2D eigenvalue weighted by Crippen LogP contribution is -2.44. The number of ether oxygens (including phenoxy) is 1. The number of carboxylic acid groups (broad SMARTS) is 1. The van der Waals surface area contributed by atoms with E-state index in [2.05, 4.69) is 61.8 Å². The van der Waals surface area contributed by atoms with Crippen LogP contribution in [0.5, 0.6) is 5.75 Å². The van der Waals surface area contributed by atoms with Crippen molar-refractivity contribution < 1.29 is 19.7 Å². The van der Waals surface area contributed by atoms with Gasteiger partial charge in [-0.25, -0.2) is 4.79 Å². The van der Waals surface area contributed by atoms with Crippen molar-refractivity contribution in [3.63, 3.8) is 0 Å². The van der Waals surface area contributed by atoms with E-state index in [4.69, 9.17) is 4.74 Å². The minimum Gasteiger partial charge on any atom is -0.478 e.